The summed E-state index contributed by atoms with van der Waals surface area (Å²) in [6.45, 7) is 3.17. The van der Waals surface area contributed by atoms with Gasteiger partial charge in [-0.2, -0.15) is 0 Å². The monoisotopic (exact) mass is 250 g/mol. The van der Waals surface area contributed by atoms with E-state index in [4.69, 9.17) is 0 Å². The molecule has 0 spiro atoms. The number of fused-ring (bicyclic) bond motifs is 1. The van der Waals surface area contributed by atoms with Gasteiger partial charge in [0.2, 0.25) is 0 Å². The molecule has 0 saturated heterocycles. The molecule has 0 unspecified atom stereocenters. The molecule has 98 valence electrons. The maximum absolute atomic E-state index is 11.5. The number of nitrogens with zero attached hydrogens (tertiary/aromatic N) is 1. The molecule has 4 N–H and O–H groups in total. The summed E-state index contributed by atoms with van der Waals surface area (Å²) in [7, 11) is 0. The zero-order valence-corrected chi connectivity index (χ0v) is 10.4. The van der Waals surface area contributed by atoms with Crippen molar-refractivity contribution >= 4 is 11.0 Å². The summed E-state index contributed by atoms with van der Waals surface area (Å²) in [5, 5.41) is 12.8. The number of aliphatic hydroxyl groups excluding tert-OH is 1. The van der Waals surface area contributed by atoms with Gasteiger partial charge in [-0.1, -0.05) is 13.3 Å². The van der Waals surface area contributed by atoms with E-state index in [1.807, 2.05) is 6.92 Å². The predicted octanol–water partition coefficient (Wildman–Crippen LogP) is 0.502. The molecule has 2 aromatic heterocycles. The van der Waals surface area contributed by atoms with Crippen molar-refractivity contribution in [1.29, 1.82) is 0 Å². The van der Waals surface area contributed by atoms with Crippen molar-refractivity contribution in [3.05, 3.63) is 28.4 Å². The second-order valence-corrected chi connectivity index (χ2v) is 4.34. The maximum atomic E-state index is 11.5. The Bertz CT molecular complexity index is 560. The standard InChI is InChI=1S/C12H18N4O2/c1-2-3-9(17)6-13-4-8-5-14-11-10(8)15-7-16-12(11)18/h5,7,9,13-14,17H,2-4,6H2,1H3,(H,15,16,18)/t9-/m1/s1. The van der Waals surface area contributed by atoms with E-state index in [1.54, 1.807) is 6.20 Å². The number of hydrogen-bond donors (Lipinski definition) is 4. The van der Waals surface area contributed by atoms with Gasteiger partial charge in [-0.05, 0) is 6.42 Å². The van der Waals surface area contributed by atoms with Crippen LogP contribution in [0.4, 0.5) is 0 Å². The Labute approximate surface area is 104 Å². The van der Waals surface area contributed by atoms with E-state index in [1.165, 1.54) is 6.33 Å². The summed E-state index contributed by atoms with van der Waals surface area (Å²) in [5.41, 5.74) is 1.93. The van der Waals surface area contributed by atoms with Crippen LogP contribution in [0, 0.1) is 0 Å². The number of aromatic nitrogens is 3. The minimum atomic E-state index is -0.323. The molecule has 0 radical (unpaired) electrons. The maximum Gasteiger partial charge on any atom is 0.275 e. The highest BCUT2D eigenvalue weighted by atomic mass is 16.3. The second kappa shape index (κ2) is 5.79. The largest absolute Gasteiger partial charge is 0.392 e. The Kier molecular flexibility index (Phi) is 4.11. The van der Waals surface area contributed by atoms with Gasteiger partial charge in [-0.3, -0.25) is 4.79 Å². The molecule has 2 aromatic rings. The number of rotatable bonds is 6. The van der Waals surface area contributed by atoms with E-state index < -0.39 is 0 Å². The Hall–Kier alpha value is -1.66. The summed E-state index contributed by atoms with van der Waals surface area (Å²) in [6, 6.07) is 0. The van der Waals surface area contributed by atoms with Crippen LogP contribution in [0.3, 0.4) is 0 Å². The van der Waals surface area contributed by atoms with Crippen LogP contribution in [-0.4, -0.2) is 32.7 Å². The van der Waals surface area contributed by atoms with Crippen molar-refractivity contribution in [2.75, 3.05) is 6.54 Å². The van der Waals surface area contributed by atoms with Crippen LogP contribution in [0.2, 0.25) is 0 Å². The fourth-order valence-electron chi connectivity index (χ4n) is 1.95. The van der Waals surface area contributed by atoms with Gasteiger partial charge in [-0.25, -0.2) is 4.98 Å². The van der Waals surface area contributed by atoms with Crippen LogP contribution < -0.4 is 10.9 Å². The summed E-state index contributed by atoms with van der Waals surface area (Å²) in [4.78, 5) is 21.1. The molecular weight excluding hydrogens is 232 g/mol. The lowest BCUT2D eigenvalue weighted by atomic mass is 10.2. The fraction of sp³-hybridized carbons (Fsp3) is 0.500. The van der Waals surface area contributed by atoms with Gasteiger partial charge in [0.15, 0.2) is 0 Å². The molecule has 18 heavy (non-hydrogen) atoms. The van der Waals surface area contributed by atoms with Gasteiger partial charge in [0, 0.05) is 24.8 Å². The molecular formula is C12H18N4O2. The molecule has 0 aliphatic carbocycles. The molecule has 0 saturated carbocycles. The lowest BCUT2D eigenvalue weighted by Crippen LogP contribution is -2.26. The van der Waals surface area contributed by atoms with Crippen molar-refractivity contribution in [1.82, 2.24) is 20.3 Å². The molecule has 2 heterocycles. The van der Waals surface area contributed by atoms with E-state index in [0.717, 1.165) is 18.4 Å². The lowest BCUT2D eigenvalue weighted by molar-refractivity contribution is 0.160. The summed E-state index contributed by atoms with van der Waals surface area (Å²) in [6.07, 6.45) is 4.60. The molecule has 6 heteroatoms. The number of nitrogens with one attached hydrogen (secondary N) is 3. The Morgan fingerprint density at radius 2 is 2.33 bits per heavy atom. The zero-order valence-electron chi connectivity index (χ0n) is 10.4. The minimum Gasteiger partial charge on any atom is -0.392 e. The Morgan fingerprint density at radius 1 is 1.50 bits per heavy atom. The number of hydrogen-bond acceptors (Lipinski definition) is 4. The van der Waals surface area contributed by atoms with Crippen LogP contribution in [0.1, 0.15) is 25.3 Å². The summed E-state index contributed by atoms with van der Waals surface area (Å²) >= 11 is 0. The van der Waals surface area contributed by atoms with Gasteiger partial charge in [-0.15, -0.1) is 0 Å². The minimum absolute atomic E-state index is 0.169. The molecule has 0 amide bonds. The molecule has 0 aliphatic heterocycles. The van der Waals surface area contributed by atoms with Crippen molar-refractivity contribution in [3.63, 3.8) is 0 Å². The highest BCUT2D eigenvalue weighted by molar-refractivity contribution is 5.77. The molecule has 0 aromatic carbocycles. The van der Waals surface area contributed by atoms with Crippen LogP contribution in [-0.2, 0) is 6.54 Å². The molecule has 0 fully saturated rings. The van der Waals surface area contributed by atoms with Gasteiger partial charge in [0.05, 0.1) is 17.9 Å². The number of H-pyrrole nitrogens is 2. The quantitative estimate of drug-likeness (QED) is 0.600. The first-order valence-electron chi connectivity index (χ1n) is 6.14. The van der Waals surface area contributed by atoms with Crippen LogP contribution >= 0.6 is 0 Å². The predicted molar refractivity (Wildman–Crippen MR) is 69.3 cm³/mol. The SMILES string of the molecule is CCC[C@@H](O)CNCc1c[nH]c2c(=O)[nH]cnc12. The highest BCUT2D eigenvalue weighted by Crippen LogP contribution is 2.10. The van der Waals surface area contributed by atoms with E-state index in [2.05, 4.69) is 20.3 Å². The van der Waals surface area contributed by atoms with E-state index in [9.17, 15) is 9.90 Å². The van der Waals surface area contributed by atoms with Crippen LogP contribution in [0.25, 0.3) is 11.0 Å². The van der Waals surface area contributed by atoms with Gasteiger partial charge in [0.1, 0.15) is 5.52 Å². The topological polar surface area (TPSA) is 93.8 Å². The van der Waals surface area contributed by atoms with Gasteiger partial charge >= 0.3 is 0 Å². The third-order valence-corrected chi connectivity index (χ3v) is 2.87. The molecule has 2 rings (SSSR count). The lowest BCUT2D eigenvalue weighted by Gasteiger charge is -2.09. The van der Waals surface area contributed by atoms with Crippen molar-refractivity contribution in [2.24, 2.45) is 0 Å². The Morgan fingerprint density at radius 3 is 3.11 bits per heavy atom. The van der Waals surface area contributed by atoms with Crippen molar-refractivity contribution in [3.8, 4) is 0 Å². The number of aromatic amines is 2. The average Bonchev–Trinajstić information content (AvgIpc) is 2.75. The first-order valence-corrected chi connectivity index (χ1v) is 6.14. The fourth-order valence-corrected chi connectivity index (χ4v) is 1.95. The van der Waals surface area contributed by atoms with Gasteiger partial charge in [0.25, 0.3) is 5.56 Å². The smallest absolute Gasteiger partial charge is 0.275 e. The van der Waals surface area contributed by atoms with E-state index in [-0.39, 0.29) is 11.7 Å². The summed E-state index contributed by atoms with van der Waals surface area (Å²) in [5.74, 6) is 0. The molecule has 1 atom stereocenters. The highest BCUT2D eigenvalue weighted by Gasteiger charge is 2.08. The van der Waals surface area contributed by atoms with Gasteiger partial charge < -0.3 is 20.4 Å². The normalized spacial score (nSPS) is 13.0. The van der Waals surface area contributed by atoms with Crippen LogP contribution in [0.15, 0.2) is 17.3 Å². The first-order chi connectivity index (χ1) is 8.72. The number of aliphatic hydroxyl groups is 1. The molecule has 0 bridgehead atoms. The second-order valence-electron chi connectivity index (χ2n) is 4.34. The Balaban J connectivity index is 2.00. The van der Waals surface area contributed by atoms with Crippen molar-refractivity contribution < 1.29 is 5.11 Å². The third-order valence-electron chi connectivity index (χ3n) is 2.87. The zero-order chi connectivity index (χ0) is 13.0. The third kappa shape index (κ3) is 2.77. The van der Waals surface area contributed by atoms with E-state index in [0.29, 0.717) is 24.1 Å². The molecule has 6 nitrogen and oxygen atoms in total. The molecule has 0 aliphatic rings. The first kappa shape index (κ1) is 12.8. The van der Waals surface area contributed by atoms with E-state index >= 15 is 0 Å². The van der Waals surface area contributed by atoms with Crippen molar-refractivity contribution in [2.45, 2.75) is 32.4 Å². The average molecular weight is 250 g/mol. The summed E-state index contributed by atoms with van der Waals surface area (Å²) < 4.78 is 0. The van der Waals surface area contributed by atoms with Crippen LogP contribution in [0.5, 0.6) is 0 Å².